The molecule has 0 unspecified atom stereocenters. The van der Waals surface area contributed by atoms with Gasteiger partial charge in [0.2, 0.25) is 21.8 Å². The smallest absolute Gasteiger partial charge is 0.243 e. The Kier molecular flexibility index (Phi) is 10.8. The fourth-order valence-corrected chi connectivity index (χ4v) is 5.44. The van der Waals surface area contributed by atoms with Crippen LogP contribution < -0.4 is 5.32 Å². The summed E-state index contributed by atoms with van der Waals surface area (Å²) in [4.78, 5) is 29.0. The third-order valence-electron chi connectivity index (χ3n) is 6.62. The number of amides is 2. The molecule has 0 spiro atoms. The van der Waals surface area contributed by atoms with Crippen LogP contribution in [0.5, 0.6) is 0 Å². The lowest BCUT2D eigenvalue weighted by Crippen LogP contribution is -2.53. The molecular formula is C31H39N3O4S. The molecule has 7 nitrogen and oxygen atoms in total. The van der Waals surface area contributed by atoms with Gasteiger partial charge < -0.3 is 10.2 Å². The van der Waals surface area contributed by atoms with E-state index in [9.17, 15) is 18.0 Å². The van der Waals surface area contributed by atoms with E-state index in [0.717, 1.165) is 39.4 Å². The molecule has 3 aromatic carbocycles. The van der Waals surface area contributed by atoms with E-state index < -0.39 is 28.5 Å². The van der Waals surface area contributed by atoms with Gasteiger partial charge in [-0.15, -0.1) is 0 Å². The summed E-state index contributed by atoms with van der Waals surface area (Å²) in [5, 5.41) is 2.99. The van der Waals surface area contributed by atoms with Gasteiger partial charge in [-0.05, 0) is 43.5 Å². The lowest BCUT2D eigenvalue weighted by molar-refractivity contribution is -0.141. The van der Waals surface area contributed by atoms with Crippen molar-refractivity contribution in [1.82, 2.24) is 14.5 Å². The van der Waals surface area contributed by atoms with Crippen LogP contribution in [0, 0.1) is 13.8 Å². The van der Waals surface area contributed by atoms with Gasteiger partial charge in [-0.3, -0.25) is 9.59 Å². The average Bonchev–Trinajstić information content (AvgIpc) is 2.91. The van der Waals surface area contributed by atoms with Crippen molar-refractivity contribution in [3.63, 3.8) is 0 Å². The molecule has 0 aliphatic heterocycles. The minimum Gasteiger partial charge on any atom is -0.354 e. The van der Waals surface area contributed by atoms with Crippen LogP contribution in [0.25, 0.3) is 0 Å². The molecule has 0 radical (unpaired) electrons. The average molecular weight is 550 g/mol. The molecular weight excluding hydrogens is 510 g/mol. The molecule has 0 saturated carbocycles. The highest BCUT2D eigenvalue weighted by Gasteiger charge is 2.33. The maximum Gasteiger partial charge on any atom is 0.243 e. The van der Waals surface area contributed by atoms with E-state index in [1.54, 1.807) is 12.1 Å². The molecule has 1 atom stereocenters. The van der Waals surface area contributed by atoms with Crippen LogP contribution in [0.3, 0.4) is 0 Å². The molecule has 0 saturated heterocycles. The number of unbranched alkanes of at least 4 members (excludes halogenated alkanes) is 1. The van der Waals surface area contributed by atoms with Gasteiger partial charge in [-0.1, -0.05) is 91.2 Å². The van der Waals surface area contributed by atoms with Gasteiger partial charge >= 0.3 is 0 Å². The normalized spacial score (nSPS) is 12.2. The van der Waals surface area contributed by atoms with Gasteiger partial charge in [0, 0.05) is 26.6 Å². The molecule has 0 fully saturated rings. The van der Waals surface area contributed by atoms with Gasteiger partial charge in [-0.2, -0.15) is 4.31 Å². The van der Waals surface area contributed by atoms with Crippen molar-refractivity contribution in [2.24, 2.45) is 0 Å². The Morgan fingerprint density at radius 1 is 0.872 bits per heavy atom. The fraction of sp³-hybridized carbons (Fsp3) is 0.355. The first-order chi connectivity index (χ1) is 18.6. The van der Waals surface area contributed by atoms with Crippen molar-refractivity contribution < 1.29 is 18.0 Å². The van der Waals surface area contributed by atoms with Gasteiger partial charge in [-0.25, -0.2) is 8.42 Å². The summed E-state index contributed by atoms with van der Waals surface area (Å²) in [5.41, 5.74) is 3.75. The maximum absolute atomic E-state index is 13.9. The second-order valence-electron chi connectivity index (χ2n) is 9.93. The molecule has 3 aromatic rings. The number of hydrogen-bond donors (Lipinski definition) is 1. The van der Waals surface area contributed by atoms with Crippen LogP contribution in [0.1, 0.15) is 42.0 Å². The number of sulfonamides is 1. The largest absolute Gasteiger partial charge is 0.354 e. The third-order valence-corrected chi connectivity index (χ3v) is 8.44. The first-order valence-electron chi connectivity index (χ1n) is 13.3. The number of likely N-dealkylation sites (N-methyl/N-ethyl adjacent to an activating group) is 1. The number of aryl methyl sites for hydroxylation is 2. The Hall–Kier alpha value is -3.49. The van der Waals surface area contributed by atoms with Gasteiger partial charge in [0.1, 0.15) is 6.04 Å². The topological polar surface area (TPSA) is 86.8 Å². The molecule has 0 aliphatic rings. The summed E-state index contributed by atoms with van der Waals surface area (Å²) in [6.07, 6.45) is 2.06. The van der Waals surface area contributed by atoms with Crippen molar-refractivity contribution in [3.8, 4) is 0 Å². The zero-order valence-electron chi connectivity index (χ0n) is 23.3. The minimum atomic E-state index is -3.90. The number of rotatable bonds is 13. The Morgan fingerprint density at radius 3 is 2.18 bits per heavy atom. The Morgan fingerprint density at radius 2 is 1.54 bits per heavy atom. The first kappa shape index (κ1) is 30.1. The van der Waals surface area contributed by atoms with Crippen LogP contribution in [-0.2, 0) is 32.6 Å². The third kappa shape index (κ3) is 8.50. The molecule has 8 heteroatoms. The van der Waals surface area contributed by atoms with E-state index in [2.05, 4.69) is 5.32 Å². The summed E-state index contributed by atoms with van der Waals surface area (Å²) in [7, 11) is -2.51. The lowest BCUT2D eigenvalue weighted by atomic mass is 10.0. The van der Waals surface area contributed by atoms with E-state index in [1.807, 2.05) is 75.4 Å². The summed E-state index contributed by atoms with van der Waals surface area (Å²) in [5.74, 6) is -0.696. The van der Waals surface area contributed by atoms with Gasteiger partial charge in [0.05, 0.1) is 11.4 Å². The predicted molar refractivity (Wildman–Crippen MR) is 155 cm³/mol. The van der Waals surface area contributed by atoms with E-state index >= 15 is 0 Å². The SMILES string of the molecule is CCCCNC(=O)[C@H](Cc1ccccc1)N(Cc1cccc(C)c1)C(=O)CN(C)S(=O)(=O)c1ccc(C)cc1. The van der Waals surface area contributed by atoms with Gasteiger partial charge in [0.25, 0.3) is 0 Å². The van der Waals surface area contributed by atoms with Crippen LogP contribution in [0.15, 0.2) is 83.8 Å². The predicted octanol–water partition coefficient (Wildman–Crippen LogP) is 4.48. The van der Waals surface area contributed by atoms with Crippen molar-refractivity contribution in [3.05, 3.63) is 101 Å². The molecule has 2 amide bonds. The number of nitrogens with one attached hydrogen (secondary N) is 1. The number of carbonyl (C=O) groups excluding carboxylic acids is 2. The van der Waals surface area contributed by atoms with E-state index in [1.165, 1.54) is 24.1 Å². The van der Waals surface area contributed by atoms with E-state index in [4.69, 9.17) is 0 Å². The lowest BCUT2D eigenvalue weighted by Gasteiger charge is -2.32. The summed E-state index contributed by atoms with van der Waals surface area (Å²) >= 11 is 0. The molecule has 0 bridgehead atoms. The highest BCUT2D eigenvalue weighted by molar-refractivity contribution is 7.89. The van der Waals surface area contributed by atoms with Crippen LogP contribution in [0.4, 0.5) is 0 Å². The number of hydrogen-bond acceptors (Lipinski definition) is 4. The highest BCUT2D eigenvalue weighted by Crippen LogP contribution is 2.19. The van der Waals surface area contributed by atoms with Crippen LogP contribution in [-0.4, -0.2) is 55.6 Å². The summed E-state index contributed by atoms with van der Waals surface area (Å²) < 4.78 is 27.6. The zero-order valence-corrected chi connectivity index (χ0v) is 24.1. The molecule has 0 aromatic heterocycles. The second kappa shape index (κ2) is 14.1. The molecule has 1 N–H and O–H groups in total. The Labute approximate surface area is 232 Å². The quantitative estimate of drug-likeness (QED) is 0.319. The maximum atomic E-state index is 13.9. The summed E-state index contributed by atoms with van der Waals surface area (Å²) in [6, 6.07) is 23.0. The van der Waals surface area contributed by atoms with Crippen molar-refractivity contribution in [1.29, 1.82) is 0 Å². The first-order valence-corrected chi connectivity index (χ1v) is 14.8. The number of nitrogens with zero attached hydrogens (tertiary/aromatic N) is 2. The minimum absolute atomic E-state index is 0.117. The highest BCUT2D eigenvalue weighted by atomic mass is 32.2. The molecule has 0 aliphatic carbocycles. The number of carbonyl (C=O) groups is 2. The second-order valence-corrected chi connectivity index (χ2v) is 12.0. The van der Waals surface area contributed by atoms with E-state index in [-0.39, 0.29) is 17.3 Å². The monoisotopic (exact) mass is 549 g/mol. The molecule has 0 heterocycles. The fourth-order valence-electron chi connectivity index (χ4n) is 4.32. The molecule has 3 rings (SSSR count). The van der Waals surface area contributed by atoms with Crippen molar-refractivity contribution in [2.45, 2.75) is 57.5 Å². The van der Waals surface area contributed by atoms with Crippen molar-refractivity contribution in [2.75, 3.05) is 20.1 Å². The van der Waals surface area contributed by atoms with Crippen LogP contribution in [0.2, 0.25) is 0 Å². The Bertz CT molecular complexity index is 1340. The summed E-state index contributed by atoms with van der Waals surface area (Å²) in [6.45, 7) is 6.19. The number of benzene rings is 3. The van der Waals surface area contributed by atoms with E-state index in [0.29, 0.717) is 13.0 Å². The Balaban J connectivity index is 1.95. The zero-order chi connectivity index (χ0) is 28.4. The van der Waals surface area contributed by atoms with Crippen LogP contribution >= 0.6 is 0 Å². The molecule has 208 valence electrons. The van der Waals surface area contributed by atoms with Gasteiger partial charge in [0.15, 0.2) is 0 Å². The van der Waals surface area contributed by atoms with Crippen molar-refractivity contribution >= 4 is 21.8 Å². The standard InChI is InChI=1S/C31H39N3O4S/c1-5-6-19-32-31(36)29(21-26-12-8-7-9-13-26)34(22-27-14-10-11-25(3)20-27)30(35)23-33(4)39(37,38)28-17-15-24(2)16-18-28/h7-18,20,29H,5-6,19,21-23H2,1-4H3,(H,32,36)/t29-/m0/s1. The molecule has 39 heavy (non-hydrogen) atoms.